The Morgan fingerprint density at radius 2 is 2.50 bits per heavy atom. The van der Waals surface area contributed by atoms with Gasteiger partial charge in [-0.1, -0.05) is 5.16 Å². The van der Waals surface area contributed by atoms with Crippen molar-refractivity contribution in [2.24, 2.45) is 0 Å². The van der Waals surface area contributed by atoms with Crippen LogP contribution in [0.25, 0.3) is 0 Å². The molecule has 0 aliphatic carbocycles. The van der Waals surface area contributed by atoms with Crippen molar-refractivity contribution in [2.75, 3.05) is 26.7 Å². The number of ether oxygens (including phenoxy) is 1. The van der Waals surface area contributed by atoms with Gasteiger partial charge in [0, 0.05) is 26.3 Å². The number of hydrogen-bond donors (Lipinski definition) is 1. The molecule has 0 unspecified atom stereocenters. The quantitative estimate of drug-likeness (QED) is 0.805. The fourth-order valence-corrected chi connectivity index (χ4v) is 1.77. The van der Waals surface area contributed by atoms with E-state index < -0.39 is 0 Å². The minimum atomic E-state index is -0.293. The molecule has 7 nitrogen and oxygen atoms in total. The molecule has 1 aliphatic rings. The summed E-state index contributed by atoms with van der Waals surface area (Å²) in [7, 11) is 1.53. The molecular formula is C11H15N3O4. The summed E-state index contributed by atoms with van der Waals surface area (Å²) in [6, 6.07) is 1.54. The summed E-state index contributed by atoms with van der Waals surface area (Å²) in [5, 5.41) is 6.40. The van der Waals surface area contributed by atoms with E-state index in [1.807, 2.05) is 0 Å². The third-order valence-corrected chi connectivity index (χ3v) is 2.61. The van der Waals surface area contributed by atoms with E-state index in [-0.39, 0.29) is 30.7 Å². The van der Waals surface area contributed by atoms with Crippen molar-refractivity contribution in [3.8, 4) is 0 Å². The molecule has 98 valence electrons. The number of nitrogens with zero attached hydrogens (tertiary/aromatic N) is 2. The zero-order valence-corrected chi connectivity index (χ0v) is 10.1. The molecule has 1 aromatic heterocycles. The van der Waals surface area contributed by atoms with E-state index in [0.29, 0.717) is 18.8 Å². The van der Waals surface area contributed by atoms with Gasteiger partial charge >= 0.3 is 0 Å². The van der Waals surface area contributed by atoms with Gasteiger partial charge in [-0.25, -0.2) is 0 Å². The van der Waals surface area contributed by atoms with Crippen LogP contribution in [0.4, 0.5) is 0 Å². The number of rotatable bonds is 3. The Balaban J connectivity index is 2.06. The van der Waals surface area contributed by atoms with E-state index in [4.69, 9.17) is 9.26 Å². The lowest BCUT2D eigenvalue weighted by Gasteiger charge is -2.16. The van der Waals surface area contributed by atoms with Crippen molar-refractivity contribution in [1.82, 2.24) is 15.4 Å². The Morgan fingerprint density at radius 3 is 3.28 bits per heavy atom. The molecule has 0 aromatic carbocycles. The van der Waals surface area contributed by atoms with Crippen molar-refractivity contribution in [1.29, 1.82) is 0 Å². The second kappa shape index (κ2) is 5.63. The number of carbonyl (C=O) groups is 2. The minimum Gasteiger partial charge on any atom is -0.377 e. The van der Waals surface area contributed by atoms with Gasteiger partial charge in [-0.05, 0) is 6.42 Å². The van der Waals surface area contributed by atoms with E-state index in [9.17, 15) is 9.59 Å². The van der Waals surface area contributed by atoms with Crippen LogP contribution >= 0.6 is 0 Å². The van der Waals surface area contributed by atoms with Crippen LogP contribution in [0.15, 0.2) is 10.6 Å². The largest absolute Gasteiger partial charge is 0.377 e. The maximum absolute atomic E-state index is 12.1. The first kappa shape index (κ1) is 12.6. The highest BCUT2D eigenvalue weighted by Crippen LogP contribution is 2.09. The van der Waals surface area contributed by atoms with Gasteiger partial charge in [-0.2, -0.15) is 0 Å². The second-order valence-corrected chi connectivity index (χ2v) is 4.04. The molecule has 1 saturated heterocycles. The molecule has 1 aromatic rings. The predicted octanol–water partition coefficient (Wildman–Crippen LogP) is -0.217. The Morgan fingerprint density at radius 1 is 1.67 bits per heavy atom. The van der Waals surface area contributed by atoms with E-state index in [1.165, 1.54) is 18.1 Å². The topological polar surface area (TPSA) is 84.7 Å². The Labute approximate surface area is 104 Å². The van der Waals surface area contributed by atoms with Gasteiger partial charge in [0.1, 0.15) is 6.61 Å². The fourth-order valence-electron chi connectivity index (χ4n) is 1.77. The molecule has 0 spiro atoms. The summed E-state index contributed by atoms with van der Waals surface area (Å²) in [6.07, 6.45) is 0.736. The van der Waals surface area contributed by atoms with Crippen LogP contribution in [0, 0.1) is 0 Å². The molecule has 1 fully saturated rings. The highest BCUT2D eigenvalue weighted by atomic mass is 16.5. The number of nitrogens with one attached hydrogen (secondary N) is 1. The first-order valence-corrected chi connectivity index (χ1v) is 5.71. The van der Waals surface area contributed by atoms with Gasteiger partial charge in [-0.3, -0.25) is 9.59 Å². The summed E-state index contributed by atoms with van der Waals surface area (Å²) in [5.41, 5.74) is 0.205. The van der Waals surface area contributed by atoms with Crippen LogP contribution in [0.1, 0.15) is 22.7 Å². The van der Waals surface area contributed by atoms with Gasteiger partial charge in [0.2, 0.25) is 5.91 Å². The van der Waals surface area contributed by atoms with Gasteiger partial charge in [-0.15, -0.1) is 0 Å². The lowest BCUT2D eigenvalue weighted by atomic mass is 10.3. The average molecular weight is 253 g/mol. The Hall–Kier alpha value is -1.89. The van der Waals surface area contributed by atoms with Crippen LogP contribution in [0.2, 0.25) is 0 Å². The fraction of sp³-hybridized carbons (Fsp3) is 0.545. The van der Waals surface area contributed by atoms with Crippen LogP contribution in [-0.2, 0) is 16.1 Å². The van der Waals surface area contributed by atoms with Crippen LogP contribution in [0.5, 0.6) is 0 Å². The zero-order valence-electron chi connectivity index (χ0n) is 10.1. The van der Waals surface area contributed by atoms with Crippen LogP contribution < -0.4 is 5.32 Å². The smallest absolute Gasteiger partial charge is 0.276 e. The molecule has 2 rings (SSSR count). The first-order chi connectivity index (χ1) is 8.70. The maximum Gasteiger partial charge on any atom is 0.276 e. The zero-order chi connectivity index (χ0) is 13.0. The summed E-state index contributed by atoms with van der Waals surface area (Å²) >= 11 is 0. The SMILES string of the molecule is COCc1cc(C(=O)N2CCCNC(=O)C2)no1. The van der Waals surface area contributed by atoms with Crippen molar-refractivity contribution in [3.63, 3.8) is 0 Å². The third kappa shape index (κ3) is 2.86. The normalized spacial score (nSPS) is 16.3. The highest BCUT2D eigenvalue weighted by molar-refractivity contribution is 5.95. The lowest BCUT2D eigenvalue weighted by molar-refractivity contribution is -0.121. The number of methoxy groups -OCH3 is 1. The van der Waals surface area contributed by atoms with Crippen LogP contribution in [-0.4, -0.2) is 48.6 Å². The molecule has 7 heteroatoms. The molecule has 1 aliphatic heterocycles. The van der Waals surface area contributed by atoms with Crippen molar-refractivity contribution in [3.05, 3.63) is 17.5 Å². The van der Waals surface area contributed by atoms with Crippen molar-refractivity contribution >= 4 is 11.8 Å². The molecule has 18 heavy (non-hydrogen) atoms. The molecule has 0 bridgehead atoms. The van der Waals surface area contributed by atoms with Gasteiger partial charge in [0.25, 0.3) is 5.91 Å². The Bertz CT molecular complexity index is 443. The average Bonchev–Trinajstić information content (AvgIpc) is 2.70. The molecule has 0 atom stereocenters. The summed E-state index contributed by atoms with van der Waals surface area (Å²) in [4.78, 5) is 24.9. The van der Waals surface area contributed by atoms with Gasteiger partial charge in [0.15, 0.2) is 11.5 Å². The standard InChI is InChI=1S/C11H15N3O4/c1-17-7-8-5-9(13-18-8)11(16)14-4-2-3-12-10(15)6-14/h5H,2-4,6-7H2,1H3,(H,12,15). The van der Waals surface area contributed by atoms with Crippen LogP contribution in [0.3, 0.4) is 0 Å². The van der Waals surface area contributed by atoms with E-state index in [0.717, 1.165) is 6.42 Å². The number of amides is 2. The van der Waals surface area contributed by atoms with Crippen molar-refractivity contribution in [2.45, 2.75) is 13.0 Å². The van der Waals surface area contributed by atoms with Gasteiger partial charge in [0.05, 0.1) is 6.54 Å². The Kier molecular flexibility index (Phi) is 3.93. The second-order valence-electron chi connectivity index (χ2n) is 4.04. The first-order valence-electron chi connectivity index (χ1n) is 5.71. The van der Waals surface area contributed by atoms with E-state index in [2.05, 4.69) is 10.5 Å². The lowest BCUT2D eigenvalue weighted by Crippen LogP contribution is -2.37. The van der Waals surface area contributed by atoms with Crippen molar-refractivity contribution < 1.29 is 18.8 Å². The number of aromatic nitrogens is 1. The molecule has 1 N–H and O–H groups in total. The summed E-state index contributed by atoms with van der Waals surface area (Å²) in [5.74, 6) is 0.0414. The minimum absolute atomic E-state index is 0.0608. The summed E-state index contributed by atoms with van der Waals surface area (Å²) < 4.78 is 9.83. The molecule has 0 radical (unpaired) electrons. The monoisotopic (exact) mass is 253 g/mol. The number of hydrogen-bond acceptors (Lipinski definition) is 5. The molecule has 0 saturated carbocycles. The third-order valence-electron chi connectivity index (χ3n) is 2.61. The number of carbonyl (C=O) groups excluding carboxylic acids is 2. The molecular weight excluding hydrogens is 238 g/mol. The van der Waals surface area contributed by atoms with E-state index >= 15 is 0 Å². The highest BCUT2D eigenvalue weighted by Gasteiger charge is 2.23. The molecule has 2 amide bonds. The van der Waals surface area contributed by atoms with E-state index in [1.54, 1.807) is 0 Å². The maximum atomic E-state index is 12.1. The predicted molar refractivity (Wildman–Crippen MR) is 60.7 cm³/mol. The summed E-state index contributed by atoms with van der Waals surface area (Å²) in [6.45, 7) is 1.45. The van der Waals surface area contributed by atoms with Gasteiger partial charge < -0.3 is 19.5 Å². The molecule has 2 heterocycles.